The number of hydrazine groups is 1. The zero-order valence-corrected chi connectivity index (χ0v) is 12.2. The first-order chi connectivity index (χ1) is 8.13. The second-order valence-corrected chi connectivity index (χ2v) is 6.02. The molecule has 3 N–H and O–H groups in total. The van der Waals surface area contributed by atoms with Crippen molar-refractivity contribution in [3.63, 3.8) is 0 Å². The lowest BCUT2D eigenvalue weighted by Gasteiger charge is -2.17. The van der Waals surface area contributed by atoms with Crippen LogP contribution in [-0.4, -0.2) is 0 Å². The molecule has 0 amide bonds. The summed E-state index contributed by atoms with van der Waals surface area (Å²) in [5.74, 6) is 5.70. The Morgan fingerprint density at radius 3 is 2.59 bits per heavy atom. The van der Waals surface area contributed by atoms with Crippen LogP contribution in [0, 0.1) is 13.8 Å². The van der Waals surface area contributed by atoms with Crippen LogP contribution >= 0.6 is 27.3 Å². The van der Waals surface area contributed by atoms with Crippen LogP contribution in [0.3, 0.4) is 0 Å². The number of halogens is 1. The molecule has 1 unspecified atom stereocenters. The molecule has 1 aromatic carbocycles. The number of benzene rings is 1. The molecule has 0 saturated carbocycles. The van der Waals surface area contributed by atoms with Gasteiger partial charge in [0, 0.05) is 9.35 Å². The Bertz CT molecular complexity index is 522. The van der Waals surface area contributed by atoms with E-state index in [1.54, 1.807) is 11.3 Å². The minimum atomic E-state index is 0.0630. The van der Waals surface area contributed by atoms with Crippen molar-refractivity contribution in [1.82, 2.24) is 5.43 Å². The van der Waals surface area contributed by atoms with Crippen molar-refractivity contribution in [3.05, 3.63) is 55.7 Å². The molecule has 0 saturated heterocycles. The van der Waals surface area contributed by atoms with Crippen LogP contribution in [0.25, 0.3) is 0 Å². The molecule has 1 aromatic heterocycles. The number of hydrogen-bond acceptors (Lipinski definition) is 3. The molecule has 2 aromatic rings. The summed E-state index contributed by atoms with van der Waals surface area (Å²) in [6.07, 6.45) is 0. The van der Waals surface area contributed by atoms with Gasteiger partial charge in [0.15, 0.2) is 0 Å². The maximum atomic E-state index is 5.70. The summed E-state index contributed by atoms with van der Waals surface area (Å²) in [6, 6.07) is 8.51. The van der Waals surface area contributed by atoms with Gasteiger partial charge in [-0.3, -0.25) is 5.84 Å². The number of rotatable bonds is 3. The molecule has 0 aliphatic heterocycles. The molecule has 90 valence electrons. The molecule has 1 atom stereocenters. The third kappa shape index (κ3) is 2.60. The highest BCUT2D eigenvalue weighted by molar-refractivity contribution is 9.10. The normalized spacial score (nSPS) is 12.7. The predicted octanol–water partition coefficient (Wildman–Crippen LogP) is 3.68. The minimum absolute atomic E-state index is 0.0630. The quantitative estimate of drug-likeness (QED) is 0.670. The molecular formula is C13H15BrN2S. The maximum absolute atomic E-state index is 5.70. The van der Waals surface area contributed by atoms with Gasteiger partial charge in [-0.15, -0.1) is 11.3 Å². The topological polar surface area (TPSA) is 38.0 Å². The fraction of sp³-hybridized carbons (Fsp3) is 0.231. The molecule has 0 aliphatic carbocycles. The predicted molar refractivity (Wildman–Crippen MR) is 77.1 cm³/mol. The Morgan fingerprint density at radius 1 is 1.29 bits per heavy atom. The monoisotopic (exact) mass is 310 g/mol. The van der Waals surface area contributed by atoms with E-state index in [2.05, 4.69) is 64.8 Å². The van der Waals surface area contributed by atoms with E-state index in [0.717, 1.165) is 4.47 Å². The highest BCUT2D eigenvalue weighted by atomic mass is 79.9. The lowest BCUT2D eigenvalue weighted by Crippen LogP contribution is -2.29. The summed E-state index contributed by atoms with van der Waals surface area (Å²) >= 11 is 5.26. The number of hydrogen-bond donors (Lipinski definition) is 2. The molecular weight excluding hydrogens is 296 g/mol. The summed E-state index contributed by atoms with van der Waals surface area (Å²) in [7, 11) is 0. The lowest BCUT2D eigenvalue weighted by molar-refractivity contribution is 0.635. The van der Waals surface area contributed by atoms with E-state index in [1.807, 2.05) is 0 Å². The average Bonchev–Trinajstić information content (AvgIpc) is 2.71. The van der Waals surface area contributed by atoms with Crippen molar-refractivity contribution >= 4 is 27.3 Å². The fourth-order valence-electron chi connectivity index (χ4n) is 1.91. The van der Waals surface area contributed by atoms with Gasteiger partial charge in [0.2, 0.25) is 0 Å². The van der Waals surface area contributed by atoms with Crippen LogP contribution in [0.1, 0.15) is 27.6 Å². The zero-order valence-electron chi connectivity index (χ0n) is 9.83. The SMILES string of the molecule is Cc1cc(C(NN)c2ccsc2C)ccc1Br. The third-order valence-electron chi connectivity index (χ3n) is 2.89. The molecule has 4 heteroatoms. The Hall–Kier alpha value is -0.680. The Labute approximate surface area is 114 Å². The molecule has 0 bridgehead atoms. The molecule has 17 heavy (non-hydrogen) atoms. The molecule has 1 heterocycles. The summed E-state index contributed by atoms with van der Waals surface area (Å²) in [6.45, 7) is 4.21. The summed E-state index contributed by atoms with van der Waals surface area (Å²) < 4.78 is 1.12. The van der Waals surface area contributed by atoms with Crippen LogP contribution in [0.5, 0.6) is 0 Å². The first-order valence-electron chi connectivity index (χ1n) is 5.39. The van der Waals surface area contributed by atoms with Gasteiger partial charge in [0.25, 0.3) is 0 Å². The standard InChI is InChI=1S/C13H15BrN2S/c1-8-7-10(3-4-12(8)14)13(16-15)11-5-6-17-9(11)2/h3-7,13,16H,15H2,1-2H3. The highest BCUT2D eigenvalue weighted by Crippen LogP contribution is 2.29. The minimum Gasteiger partial charge on any atom is -0.271 e. The van der Waals surface area contributed by atoms with Crippen LogP contribution in [0.15, 0.2) is 34.1 Å². The van der Waals surface area contributed by atoms with Gasteiger partial charge in [-0.1, -0.05) is 28.1 Å². The van der Waals surface area contributed by atoms with Gasteiger partial charge in [-0.05, 0) is 48.1 Å². The van der Waals surface area contributed by atoms with Crippen molar-refractivity contribution in [2.45, 2.75) is 19.9 Å². The van der Waals surface area contributed by atoms with Gasteiger partial charge < -0.3 is 0 Å². The number of aryl methyl sites for hydroxylation is 2. The lowest BCUT2D eigenvalue weighted by atomic mass is 9.99. The van der Waals surface area contributed by atoms with E-state index in [0.29, 0.717) is 0 Å². The van der Waals surface area contributed by atoms with E-state index in [1.165, 1.54) is 21.6 Å². The second-order valence-electron chi connectivity index (χ2n) is 4.04. The van der Waals surface area contributed by atoms with E-state index in [4.69, 9.17) is 5.84 Å². The largest absolute Gasteiger partial charge is 0.271 e. The summed E-state index contributed by atoms with van der Waals surface area (Å²) in [5, 5.41) is 2.10. The van der Waals surface area contributed by atoms with Crippen molar-refractivity contribution in [3.8, 4) is 0 Å². The van der Waals surface area contributed by atoms with Crippen molar-refractivity contribution < 1.29 is 0 Å². The van der Waals surface area contributed by atoms with E-state index in [9.17, 15) is 0 Å². The Kier molecular flexibility index (Phi) is 3.99. The van der Waals surface area contributed by atoms with E-state index >= 15 is 0 Å². The van der Waals surface area contributed by atoms with E-state index in [-0.39, 0.29) is 6.04 Å². The highest BCUT2D eigenvalue weighted by Gasteiger charge is 2.15. The maximum Gasteiger partial charge on any atom is 0.0720 e. The molecule has 0 radical (unpaired) electrons. The van der Waals surface area contributed by atoms with Crippen molar-refractivity contribution in [2.24, 2.45) is 5.84 Å². The third-order valence-corrected chi connectivity index (χ3v) is 4.64. The van der Waals surface area contributed by atoms with E-state index < -0.39 is 0 Å². The number of nitrogens with one attached hydrogen (secondary N) is 1. The molecule has 0 aliphatic rings. The summed E-state index contributed by atoms with van der Waals surface area (Å²) in [4.78, 5) is 1.30. The fourth-order valence-corrected chi connectivity index (χ4v) is 2.89. The Balaban J connectivity index is 2.42. The zero-order chi connectivity index (χ0) is 12.4. The first-order valence-corrected chi connectivity index (χ1v) is 7.07. The van der Waals surface area contributed by atoms with Crippen molar-refractivity contribution in [2.75, 3.05) is 0 Å². The van der Waals surface area contributed by atoms with Gasteiger partial charge in [-0.25, -0.2) is 5.43 Å². The van der Waals surface area contributed by atoms with Crippen LogP contribution in [-0.2, 0) is 0 Å². The number of thiophene rings is 1. The van der Waals surface area contributed by atoms with Gasteiger partial charge in [0.05, 0.1) is 6.04 Å². The molecule has 0 spiro atoms. The number of nitrogens with two attached hydrogens (primary N) is 1. The van der Waals surface area contributed by atoms with Crippen molar-refractivity contribution in [1.29, 1.82) is 0 Å². The smallest absolute Gasteiger partial charge is 0.0720 e. The van der Waals surface area contributed by atoms with Crippen LogP contribution in [0.4, 0.5) is 0 Å². The van der Waals surface area contributed by atoms with Gasteiger partial charge >= 0.3 is 0 Å². The first kappa shape index (κ1) is 12.8. The van der Waals surface area contributed by atoms with Crippen LogP contribution in [0.2, 0.25) is 0 Å². The molecule has 0 fully saturated rings. The molecule has 2 nitrogen and oxygen atoms in total. The second kappa shape index (κ2) is 5.31. The summed E-state index contributed by atoms with van der Waals surface area (Å²) in [5.41, 5.74) is 6.56. The average molecular weight is 311 g/mol. The molecule has 2 rings (SSSR count). The Morgan fingerprint density at radius 2 is 2.06 bits per heavy atom. The van der Waals surface area contributed by atoms with Crippen LogP contribution < -0.4 is 11.3 Å². The van der Waals surface area contributed by atoms with Gasteiger partial charge in [-0.2, -0.15) is 0 Å². The van der Waals surface area contributed by atoms with Gasteiger partial charge in [0.1, 0.15) is 0 Å².